The highest BCUT2D eigenvalue weighted by Gasteiger charge is 2.23. The fraction of sp³-hybridized carbons (Fsp3) is 0.533. The van der Waals surface area contributed by atoms with Crippen LogP contribution in [0.2, 0.25) is 0 Å². The summed E-state index contributed by atoms with van der Waals surface area (Å²) in [5, 5.41) is 3.25. The van der Waals surface area contributed by atoms with E-state index in [9.17, 15) is 8.42 Å². The second kappa shape index (κ2) is 6.16. The van der Waals surface area contributed by atoms with E-state index in [0.717, 1.165) is 36.5 Å². The summed E-state index contributed by atoms with van der Waals surface area (Å²) in [5.74, 6) is 2.33. The van der Waals surface area contributed by atoms with Crippen molar-refractivity contribution in [3.63, 3.8) is 0 Å². The quantitative estimate of drug-likeness (QED) is 0.795. The molecule has 1 heterocycles. The van der Waals surface area contributed by atoms with Gasteiger partial charge in [0.25, 0.3) is 0 Å². The van der Waals surface area contributed by atoms with Gasteiger partial charge in [-0.05, 0) is 24.8 Å². The lowest BCUT2D eigenvalue weighted by atomic mass is 10.1. The fourth-order valence-electron chi connectivity index (χ4n) is 2.35. The zero-order chi connectivity index (χ0) is 15.6. The number of benzene rings is 1. The molecule has 1 fully saturated rings. The number of rotatable bonds is 7. The molecule has 2 N–H and O–H groups in total. The Morgan fingerprint density at radius 2 is 2.23 bits per heavy atom. The van der Waals surface area contributed by atoms with Crippen molar-refractivity contribution >= 4 is 21.5 Å². The second-order valence-corrected chi connectivity index (χ2v) is 7.63. The summed E-state index contributed by atoms with van der Waals surface area (Å²) in [6.07, 6.45) is 4.25. The number of hydrogen-bond donors (Lipinski definition) is 2. The van der Waals surface area contributed by atoms with Gasteiger partial charge < -0.3 is 10.1 Å². The van der Waals surface area contributed by atoms with Crippen LogP contribution < -0.4 is 14.8 Å². The van der Waals surface area contributed by atoms with Gasteiger partial charge in [-0.15, -0.1) is 0 Å². The molecule has 0 unspecified atom stereocenters. The number of amidine groups is 1. The van der Waals surface area contributed by atoms with Gasteiger partial charge in [0.05, 0.1) is 25.1 Å². The molecule has 1 aliphatic heterocycles. The van der Waals surface area contributed by atoms with Crippen LogP contribution in [0.25, 0.3) is 0 Å². The maximum Gasteiger partial charge on any atom is 0.229 e. The minimum Gasteiger partial charge on any atom is -0.493 e. The highest BCUT2D eigenvalue weighted by atomic mass is 32.2. The SMILES string of the molecule is CS(=O)(=O)Nc1ccc(CC2=NCCN2)c(OCC2CC2)c1. The van der Waals surface area contributed by atoms with Crippen molar-refractivity contribution < 1.29 is 13.2 Å². The van der Waals surface area contributed by atoms with Gasteiger partial charge >= 0.3 is 0 Å². The fourth-order valence-corrected chi connectivity index (χ4v) is 2.91. The lowest BCUT2D eigenvalue weighted by molar-refractivity contribution is 0.297. The Balaban J connectivity index is 1.79. The van der Waals surface area contributed by atoms with E-state index in [1.807, 2.05) is 6.07 Å². The molecular weight excluding hydrogens is 302 g/mol. The number of nitrogens with zero attached hydrogens (tertiary/aromatic N) is 1. The van der Waals surface area contributed by atoms with E-state index in [0.29, 0.717) is 24.6 Å². The Kier molecular flexibility index (Phi) is 4.24. The molecule has 0 saturated heterocycles. The highest BCUT2D eigenvalue weighted by Crippen LogP contribution is 2.31. The number of ether oxygens (including phenoxy) is 1. The van der Waals surface area contributed by atoms with E-state index in [2.05, 4.69) is 15.0 Å². The Labute approximate surface area is 131 Å². The molecule has 0 spiro atoms. The summed E-state index contributed by atoms with van der Waals surface area (Å²) in [5.41, 5.74) is 1.55. The van der Waals surface area contributed by atoms with Crippen LogP contribution >= 0.6 is 0 Å². The zero-order valence-corrected chi connectivity index (χ0v) is 13.4. The maximum atomic E-state index is 11.4. The standard InChI is InChI=1S/C15H21N3O3S/c1-22(19,20)18-13-5-4-12(8-15-16-6-7-17-15)14(9-13)21-10-11-2-3-11/h4-5,9,11,18H,2-3,6-8,10H2,1H3,(H,16,17). The molecule has 1 aliphatic carbocycles. The molecule has 1 saturated carbocycles. The van der Waals surface area contributed by atoms with Gasteiger partial charge in [-0.2, -0.15) is 0 Å². The first-order valence-corrected chi connectivity index (χ1v) is 9.39. The molecule has 3 rings (SSSR count). The van der Waals surface area contributed by atoms with Gasteiger partial charge in [-0.3, -0.25) is 9.71 Å². The molecule has 0 amide bonds. The molecule has 2 aliphatic rings. The molecule has 1 aromatic carbocycles. The summed E-state index contributed by atoms with van der Waals surface area (Å²) in [4.78, 5) is 4.40. The van der Waals surface area contributed by atoms with E-state index < -0.39 is 10.0 Å². The van der Waals surface area contributed by atoms with Crippen LogP contribution in [0.5, 0.6) is 5.75 Å². The minimum absolute atomic E-state index is 0.526. The predicted octanol–water partition coefficient (Wildman–Crippen LogP) is 1.39. The lowest BCUT2D eigenvalue weighted by Crippen LogP contribution is -2.21. The van der Waals surface area contributed by atoms with E-state index >= 15 is 0 Å². The summed E-state index contributed by atoms with van der Waals surface area (Å²) in [6.45, 7) is 2.37. The Morgan fingerprint density at radius 1 is 1.41 bits per heavy atom. The number of nitrogens with one attached hydrogen (secondary N) is 2. The average molecular weight is 323 g/mol. The van der Waals surface area contributed by atoms with Crippen molar-refractivity contribution in [2.75, 3.05) is 30.7 Å². The molecule has 1 aromatic rings. The van der Waals surface area contributed by atoms with Crippen molar-refractivity contribution in [1.82, 2.24) is 5.32 Å². The summed E-state index contributed by atoms with van der Waals surface area (Å²) >= 11 is 0. The molecule has 0 radical (unpaired) electrons. The van der Waals surface area contributed by atoms with Crippen LogP contribution in [-0.4, -0.2) is 40.2 Å². The van der Waals surface area contributed by atoms with Crippen LogP contribution in [0.1, 0.15) is 18.4 Å². The van der Waals surface area contributed by atoms with E-state index in [4.69, 9.17) is 4.74 Å². The van der Waals surface area contributed by atoms with Crippen LogP contribution in [0.15, 0.2) is 23.2 Å². The summed E-state index contributed by atoms with van der Waals surface area (Å²) in [7, 11) is -3.29. The molecule has 120 valence electrons. The average Bonchev–Trinajstić information content (AvgIpc) is 3.13. The van der Waals surface area contributed by atoms with Crippen LogP contribution in [0.4, 0.5) is 5.69 Å². The van der Waals surface area contributed by atoms with E-state index in [1.54, 1.807) is 12.1 Å². The minimum atomic E-state index is -3.29. The van der Waals surface area contributed by atoms with E-state index in [-0.39, 0.29) is 0 Å². The molecule has 6 nitrogen and oxygen atoms in total. The highest BCUT2D eigenvalue weighted by molar-refractivity contribution is 7.92. The largest absolute Gasteiger partial charge is 0.493 e. The monoisotopic (exact) mass is 323 g/mol. The first-order valence-electron chi connectivity index (χ1n) is 7.50. The predicted molar refractivity (Wildman–Crippen MR) is 87.1 cm³/mol. The van der Waals surface area contributed by atoms with Crippen molar-refractivity contribution in [3.05, 3.63) is 23.8 Å². The topological polar surface area (TPSA) is 79.8 Å². The number of anilines is 1. The van der Waals surface area contributed by atoms with Crippen LogP contribution in [0, 0.1) is 5.92 Å². The number of aliphatic imine (C=N–C) groups is 1. The summed E-state index contributed by atoms with van der Waals surface area (Å²) in [6, 6.07) is 5.42. The molecular formula is C15H21N3O3S. The van der Waals surface area contributed by atoms with Gasteiger partial charge in [0.1, 0.15) is 11.6 Å². The molecule has 0 bridgehead atoms. The van der Waals surface area contributed by atoms with Gasteiger partial charge in [0.2, 0.25) is 10.0 Å². The van der Waals surface area contributed by atoms with Crippen molar-refractivity contribution in [3.8, 4) is 5.75 Å². The van der Waals surface area contributed by atoms with Gasteiger partial charge in [-0.1, -0.05) is 6.07 Å². The normalized spacial score (nSPS) is 17.8. The lowest BCUT2D eigenvalue weighted by Gasteiger charge is -2.14. The van der Waals surface area contributed by atoms with Gasteiger partial charge in [-0.25, -0.2) is 8.42 Å². The molecule has 0 atom stereocenters. The smallest absolute Gasteiger partial charge is 0.229 e. The van der Waals surface area contributed by atoms with Crippen molar-refractivity contribution in [2.24, 2.45) is 10.9 Å². The van der Waals surface area contributed by atoms with Gasteiger partial charge in [0, 0.05) is 24.6 Å². The molecule has 0 aromatic heterocycles. The maximum absolute atomic E-state index is 11.4. The molecule has 7 heteroatoms. The van der Waals surface area contributed by atoms with Crippen LogP contribution in [0.3, 0.4) is 0 Å². The first kappa shape index (κ1) is 15.1. The van der Waals surface area contributed by atoms with Crippen LogP contribution in [-0.2, 0) is 16.4 Å². The third-order valence-corrected chi connectivity index (χ3v) is 4.25. The zero-order valence-electron chi connectivity index (χ0n) is 12.6. The second-order valence-electron chi connectivity index (χ2n) is 5.88. The van der Waals surface area contributed by atoms with Gasteiger partial charge in [0.15, 0.2) is 0 Å². The number of hydrogen-bond acceptors (Lipinski definition) is 5. The Bertz CT molecular complexity index is 681. The molecule has 22 heavy (non-hydrogen) atoms. The first-order chi connectivity index (χ1) is 10.5. The summed E-state index contributed by atoms with van der Waals surface area (Å²) < 4.78 is 31.1. The van der Waals surface area contributed by atoms with E-state index in [1.165, 1.54) is 12.8 Å². The Morgan fingerprint density at radius 3 is 2.86 bits per heavy atom. The Hall–Kier alpha value is -1.76. The van der Waals surface area contributed by atoms with Crippen molar-refractivity contribution in [2.45, 2.75) is 19.3 Å². The third-order valence-electron chi connectivity index (χ3n) is 3.64. The third kappa shape index (κ3) is 4.37. The number of sulfonamides is 1. The van der Waals surface area contributed by atoms with Crippen molar-refractivity contribution in [1.29, 1.82) is 0 Å².